The maximum absolute atomic E-state index is 13.2. The molecule has 2 aromatic heterocycles. The number of aromatic nitrogens is 2. The number of carbonyl (C=O) groups is 1. The largest absolute Gasteiger partial charge is 0.457 e. The second-order valence-electron chi connectivity index (χ2n) is 8.73. The highest BCUT2D eigenvalue weighted by atomic mass is 16.5. The summed E-state index contributed by atoms with van der Waals surface area (Å²) in [6.07, 6.45) is 3.68. The van der Waals surface area contributed by atoms with Crippen molar-refractivity contribution >= 4 is 16.9 Å². The zero-order chi connectivity index (χ0) is 22.8. The van der Waals surface area contributed by atoms with Crippen molar-refractivity contribution in [2.75, 3.05) is 20.1 Å². The normalized spacial score (nSPS) is 17.9. The van der Waals surface area contributed by atoms with Crippen molar-refractivity contribution in [2.24, 2.45) is 5.92 Å². The first-order valence-corrected chi connectivity index (χ1v) is 11.3. The van der Waals surface area contributed by atoms with Crippen LogP contribution < -0.4 is 10.1 Å². The number of fused-ring (bicyclic) bond motifs is 1. The van der Waals surface area contributed by atoms with E-state index in [9.17, 15) is 4.79 Å². The summed E-state index contributed by atoms with van der Waals surface area (Å²) in [5, 5.41) is 4.40. The lowest BCUT2D eigenvalue weighted by molar-refractivity contribution is -0.134. The molecular weight excluding hydrogens is 412 g/mol. The number of aryl methyl sites for hydroxylation is 1. The van der Waals surface area contributed by atoms with Gasteiger partial charge < -0.3 is 19.9 Å². The quantitative estimate of drug-likeness (QED) is 0.459. The maximum atomic E-state index is 13.2. The molecule has 0 bridgehead atoms. The van der Waals surface area contributed by atoms with E-state index in [4.69, 9.17) is 4.74 Å². The fourth-order valence-electron chi connectivity index (χ4n) is 4.69. The molecule has 2 N–H and O–H groups in total. The predicted octanol–water partition coefficient (Wildman–Crippen LogP) is 4.63. The fourth-order valence-corrected chi connectivity index (χ4v) is 4.69. The molecule has 6 heteroatoms. The van der Waals surface area contributed by atoms with Gasteiger partial charge in [0, 0.05) is 45.0 Å². The Bertz CT molecular complexity index is 1250. The number of pyridine rings is 1. The molecule has 1 saturated heterocycles. The van der Waals surface area contributed by atoms with Crippen LogP contribution in [-0.2, 0) is 11.3 Å². The van der Waals surface area contributed by atoms with Gasteiger partial charge in [0.05, 0.1) is 11.3 Å². The Hall–Kier alpha value is -3.64. The number of nitrogens with one attached hydrogen (secondary N) is 2. The third-order valence-electron chi connectivity index (χ3n) is 6.44. The minimum absolute atomic E-state index is 0.0761. The highest BCUT2D eigenvalue weighted by molar-refractivity contribution is 5.86. The van der Waals surface area contributed by atoms with E-state index in [1.807, 2.05) is 61.5 Å². The lowest BCUT2D eigenvalue weighted by Crippen LogP contribution is -2.35. The number of nitrogens with zero attached hydrogens (tertiary/aromatic N) is 2. The number of rotatable bonds is 6. The summed E-state index contributed by atoms with van der Waals surface area (Å²) < 4.78 is 6.18. The molecule has 6 nitrogen and oxygen atoms in total. The van der Waals surface area contributed by atoms with E-state index in [0.29, 0.717) is 13.1 Å². The predicted molar refractivity (Wildman–Crippen MR) is 129 cm³/mol. The average molecular weight is 441 g/mol. The summed E-state index contributed by atoms with van der Waals surface area (Å²) in [4.78, 5) is 22.6. The molecule has 33 heavy (non-hydrogen) atoms. The van der Waals surface area contributed by atoms with Gasteiger partial charge in [0.25, 0.3) is 0 Å². The molecule has 4 aromatic rings. The van der Waals surface area contributed by atoms with Crippen LogP contribution in [0, 0.1) is 12.8 Å². The van der Waals surface area contributed by atoms with Crippen LogP contribution in [0.5, 0.6) is 11.5 Å². The van der Waals surface area contributed by atoms with Crippen LogP contribution in [0.15, 0.2) is 73.1 Å². The third kappa shape index (κ3) is 4.34. The number of ether oxygens (including phenoxy) is 1. The van der Waals surface area contributed by atoms with E-state index in [1.165, 1.54) is 0 Å². The van der Waals surface area contributed by atoms with Crippen LogP contribution in [0.1, 0.15) is 22.6 Å². The molecule has 0 spiro atoms. The molecule has 0 aliphatic carbocycles. The van der Waals surface area contributed by atoms with Crippen LogP contribution in [0.3, 0.4) is 0 Å². The van der Waals surface area contributed by atoms with Gasteiger partial charge in [0.15, 0.2) is 0 Å². The van der Waals surface area contributed by atoms with Crippen LogP contribution in [0.2, 0.25) is 0 Å². The van der Waals surface area contributed by atoms with Crippen molar-refractivity contribution in [1.82, 2.24) is 20.2 Å². The molecule has 168 valence electrons. The Morgan fingerprint density at radius 1 is 1.09 bits per heavy atom. The lowest BCUT2D eigenvalue weighted by Gasteiger charge is -2.25. The Morgan fingerprint density at radius 3 is 2.67 bits per heavy atom. The van der Waals surface area contributed by atoms with Crippen molar-refractivity contribution in [2.45, 2.75) is 19.4 Å². The Kier molecular flexibility index (Phi) is 5.84. The van der Waals surface area contributed by atoms with Crippen LogP contribution in [0.4, 0.5) is 0 Å². The van der Waals surface area contributed by atoms with E-state index in [0.717, 1.165) is 45.8 Å². The van der Waals surface area contributed by atoms with Gasteiger partial charge >= 0.3 is 0 Å². The Labute approximate surface area is 193 Å². The highest BCUT2D eigenvalue weighted by Crippen LogP contribution is 2.34. The molecule has 1 aliphatic rings. The number of amides is 1. The van der Waals surface area contributed by atoms with Crippen molar-refractivity contribution in [1.29, 1.82) is 0 Å². The number of hydrogen-bond donors (Lipinski definition) is 2. The Balaban J connectivity index is 1.30. The summed E-state index contributed by atoms with van der Waals surface area (Å²) in [6.45, 7) is 4.15. The molecule has 1 fully saturated rings. The van der Waals surface area contributed by atoms with E-state index in [1.54, 1.807) is 6.20 Å². The second kappa shape index (κ2) is 9.08. The molecule has 2 atom stereocenters. The summed E-state index contributed by atoms with van der Waals surface area (Å²) in [6, 6.07) is 20.1. The number of hydrogen-bond acceptors (Lipinski definition) is 4. The molecule has 0 saturated carbocycles. The van der Waals surface area contributed by atoms with Gasteiger partial charge in [-0.3, -0.25) is 4.79 Å². The van der Waals surface area contributed by atoms with Crippen molar-refractivity contribution in [3.63, 3.8) is 0 Å². The standard InChI is InChI=1S/C27H28N4O2/c1-18-14-30-26-25(18)24(12-13-29-26)33-21-10-8-20(9-11-21)22-15-28-16-23(22)27(32)31(2)17-19-6-4-3-5-7-19/h3-14,22-23,28H,15-17H2,1-2H3,(H,29,30)/t22?,23-/m0/s1. The molecule has 3 heterocycles. The average Bonchev–Trinajstić information content (AvgIpc) is 3.47. The zero-order valence-corrected chi connectivity index (χ0v) is 18.9. The number of aromatic amines is 1. The minimum atomic E-state index is -0.0761. The van der Waals surface area contributed by atoms with Crippen LogP contribution >= 0.6 is 0 Å². The zero-order valence-electron chi connectivity index (χ0n) is 18.9. The first kappa shape index (κ1) is 21.2. The van der Waals surface area contributed by atoms with Crippen molar-refractivity contribution in [3.8, 4) is 11.5 Å². The first-order valence-electron chi connectivity index (χ1n) is 11.3. The lowest BCUT2D eigenvalue weighted by atomic mass is 9.88. The molecule has 2 aromatic carbocycles. The van der Waals surface area contributed by atoms with Crippen LogP contribution in [0.25, 0.3) is 11.0 Å². The second-order valence-corrected chi connectivity index (χ2v) is 8.73. The first-order chi connectivity index (χ1) is 16.1. The minimum Gasteiger partial charge on any atom is -0.457 e. The van der Waals surface area contributed by atoms with Gasteiger partial charge in [0.1, 0.15) is 17.1 Å². The molecular formula is C27H28N4O2. The summed E-state index contributed by atoms with van der Waals surface area (Å²) in [7, 11) is 1.89. The molecule has 5 rings (SSSR count). The SMILES string of the molecule is Cc1c[nH]c2nccc(Oc3ccc(C4CNC[C@@H]4C(=O)N(C)Cc4ccccc4)cc3)c12. The van der Waals surface area contributed by atoms with Gasteiger partial charge in [-0.25, -0.2) is 4.98 Å². The van der Waals surface area contributed by atoms with Gasteiger partial charge in [0.2, 0.25) is 5.91 Å². The molecule has 1 amide bonds. The smallest absolute Gasteiger partial charge is 0.227 e. The van der Waals surface area contributed by atoms with E-state index >= 15 is 0 Å². The van der Waals surface area contributed by atoms with Gasteiger partial charge in [-0.05, 0) is 41.8 Å². The Morgan fingerprint density at radius 2 is 1.88 bits per heavy atom. The fraction of sp³-hybridized carbons (Fsp3) is 0.259. The summed E-state index contributed by atoms with van der Waals surface area (Å²) >= 11 is 0. The monoisotopic (exact) mass is 440 g/mol. The van der Waals surface area contributed by atoms with Crippen LogP contribution in [-0.4, -0.2) is 40.9 Å². The summed E-state index contributed by atoms with van der Waals surface area (Å²) in [5.41, 5.74) is 4.21. The van der Waals surface area contributed by atoms with Gasteiger partial charge in [-0.2, -0.15) is 0 Å². The van der Waals surface area contributed by atoms with Gasteiger partial charge in [-0.1, -0.05) is 42.5 Å². The van der Waals surface area contributed by atoms with E-state index in [-0.39, 0.29) is 17.7 Å². The van der Waals surface area contributed by atoms with Gasteiger partial charge in [-0.15, -0.1) is 0 Å². The van der Waals surface area contributed by atoms with E-state index < -0.39 is 0 Å². The highest BCUT2D eigenvalue weighted by Gasteiger charge is 2.35. The van der Waals surface area contributed by atoms with Crippen molar-refractivity contribution < 1.29 is 9.53 Å². The topological polar surface area (TPSA) is 70.2 Å². The molecule has 0 radical (unpaired) electrons. The number of benzene rings is 2. The summed E-state index contributed by atoms with van der Waals surface area (Å²) in [5.74, 6) is 1.79. The number of H-pyrrole nitrogens is 1. The van der Waals surface area contributed by atoms with Crippen molar-refractivity contribution in [3.05, 3.63) is 89.7 Å². The third-order valence-corrected chi connectivity index (χ3v) is 6.44. The molecule has 1 unspecified atom stereocenters. The number of carbonyl (C=O) groups excluding carboxylic acids is 1. The maximum Gasteiger partial charge on any atom is 0.227 e. The molecule has 1 aliphatic heterocycles. The van der Waals surface area contributed by atoms with E-state index in [2.05, 4.69) is 39.6 Å².